The van der Waals surface area contributed by atoms with Gasteiger partial charge in [0.1, 0.15) is 0 Å². The number of nitrogens with zero attached hydrogens (tertiary/aromatic N) is 2. The van der Waals surface area contributed by atoms with Gasteiger partial charge in [0.05, 0.1) is 17.1 Å². The minimum Gasteiger partial charge on any atom is -0.255 e. The molecule has 0 radical (unpaired) electrons. The van der Waals surface area contributed by atoms with Crippen LogP contribution in [0.3, 0.4) is 0 Å². The second-order valence-corrected chi connectivity index (χ2v) is 6.46. The molecule has 0 saturated heterocycles. The Kier molecular flexibility index (Phi) is 3.76. The first-order chi connectivity index (χ1) is 10.5. The summed E-state index contributed by atoms with van der Waals surface area (Å²) < 4.78 is 0. The molecule has 0 saturated carbocycles. The third kappa shape index (κ3) is 3.06. The van der Waals surface area contributed by atoms with Crippen molar-refractivity contribution >= 4 is 0 Å². The molecule has 0 aliphatic carbocycles. The lowest BCUT2D eigenvalue weighted by Crippen LogP contribution is -2.12. The zero-order valence-corrected chi connectivity index (χ0v) is 13.2. The van der Waals surface area contributed by atoms with Crippen LogP contribution in [0.15, 0.2) is 66.9 Å². The number of rotatable bonds is 2. The van der Waals surface area contributed by atoms with Gasteiger partial charge in [0.2, 0.25) is 0 Å². The van der Waals surface area contributed by atoms with Crippen LogP contribution in [0, 0.1) is 0 Å². The summed E-state index contributed by atoms with van der Waals surface area (Å²) in [5.74, 6) is 0. The molecular weight excluding hydrogens is 268 g/mol. The summed E-state index contributed by atoms with van der Waals surface area (Å²) in [6, 6.07) is 20.6. The second-order valence-electron chi connectivity index (χ2n) is 6.46. The van der Waals surface area contributed by atoms with E-state index in [-0.39, 0.29) is 5.41 Å². The summed E-state index contributed by atoms with van der Waals surface area (Å²) in [7, 11) is 0. The van der Waals surface area contributed by atoms with Crippen LogP contribution in [0.2, 0.25) is 0 Å². The van der Waals surface area contributed by atoms with Gasteiger partial charge in [-0.15, -0.1) is 0 Å². The van der Waals surface area contributed by atoms with E-state index < -0.39 is 0 Å². The normalized spacial score (nSPS) is 11.4. The van der Waals surface area contributed by atoms with Gasteiger partial charge in [-0.2, -0.15) is 0 Å². The van der Waals surface area contributed by atoms with Gasteiger partial charge in [-0.05, 0) is 35.2 Å². The highest BCUT2D eigenvalue weighted by Gasteiger charge is 2.17. The third-order valence-electron chi connectivity index (χ3n) is 3.69. The first-order valence-electron chi connectivity index (χ1n) is 7.53. The summed E-state index contributed by atoms with van der Waals surface area (Å²) in [5.41, 5.74) is 5.29. The molecule has 0 fully saturated rings. The highest BCUT2D eigenvalue weighted by Crippen LogP contribution is 2.30. The van der Waals surface area contributed by atoms with Gasteiger partial charge < -0.3 is 0 Å². The Morgan fingerprint density at radius 2 is 1.41 bits per heavy atom. The average Bonchev–Trinajstić information content (AvgIpc) is 2.55. The lowest BCUT2D eigenvalue weighted by atomic mass is 9.86. The van der Waals surface area contributed by atoms with Gasteiger partial charge >= 0.3 is 0 Å². The van der Waals surface area contributed by atoms with E-state index in [1.807, 2.05) is 42.6 Å². The predicted octanol–water partition coefficient (Wildman–Crippen LogP) is 5.11. The topological polar surface area (TPSA) is 25.8 Å². The van der Waals surface area contributed by atoms with Crippen LogP contribution in [0.1, 0.15) is 26.3 Å². The van der Waals surface area contributed by atoms with Crippen molar-refractivity contribution in [3.63, 3.8) is 0 Å². The fourth-order valence-electron chi connectivity index (χ4n) is 2.37. The molecule has 0 bridgehead atoms. The molecule has 0 amide bonds. The van der Waals surface area contributed by atoms with Crippen molar-refractivity contribution in [3.05, 3.63) is 72.4 Å². The van der Waals surface area contributed by atoms with Crippen molar-refractivity contribution < 1.29 is 0 Å². The van der Waals surface area contributed by atoms with E-state index in [1.165, 1.54) is 5.56 Å². The molecule has 0 atom stereocenters. The van der Waals surface area contributed by atoms with Crippen molar-refractivity contribution in [2.75, 3.05) is 0 Å². The van der Waals surface area contributed by atoms with Gasteiger partial charge in [0.15, 0.2) is 0 Å². The fourth-order valence-corrected chi connectivity index (χ4v) is 2.37. The largest absolute Gasteiger partial charge is 0.255 e. The first kappa shape index (κ1) is 14.5. The Morgan fingerprint density at radius 3 is 2.05 bits per heavy atom. The smallest absolute Gasteiger partial charge is 0.0896 e. The highest BCUT2D eigenvalue weighted by atomic mass is 14.8. The second kappa shape index (κ2) is 5.72. The van der Waals surface area contributed by atoms with Crippen LogP contribution >= 0.6 is 0 Å². The van der Waals surface area contributed by atoms with E-state index in [1.54, 1.807) is 0 Å². The molecule has 0 spiro atoms. The Hall–Kier alpha value is -2.48. The average molecular weight is 288 g/mol. The zero-order chi connectivity index (χ0) is 15.6. The maximum absolute atomic E-state index is 4.82. The Bertz CT molecular complexity index is 699. The van der Waals surface area contributed by atoms with Gasteiger partial charge in [-0.3, -0.25) is 4.98 Å². The van der Waals surface area contributed by atoms with E-state index in [0.717, 1.165) is 22.6 Å². The van der Waals surface area contributed by atoms with E-state index in [9.17, 15) is 0 Å². The van der Waals surface area contributed by atoms with Gasteiger partial charge in [-0.1, -0.05) is 57.2 Å². The number of hydrogen-bond acceptors (Lipinski definition) is 2. The molecule has 3 rings (SSSR count). The fraction of sp³-hybridized carbons (Fsp3) is 0.200. The molecular formula is C20H20N2. The molecule has 2 nitrogen and oxygen atoms in total. The Morgan fingerprint density at radius 1 is 0.727 bits per heavy atom. The van der Waals surface area contributed by atoms with Crippen LogP contribution in [-0.2, 0) is 5.41 Å². The molecule has 2 heteroatoms. The molecule has 0 N–H and O–H groups in total. The van der Waals surface area contributed by atoms with Crippen LogP contribution in [0.25, 0.3) is 22.6 Å². The number of pyridine rings is 2. The summed E-state index contributed by atoms with van der Waals surface area (Å²) >= 11 is 0. The highest BCUT2D eigenvalue weighted by molar-refractivity contribution is 5.66. The SMILES string of the molecule is CC(C)(C)c1cc(-c2ccccc2)nc(-c2ccccn2)c1. The van der Waals surface area contributed by atoms with Gasteiger partial charge in [-0.25, -0.2) is 4.98 Å². The minimum atomic E-state index is 0.0655. The molecule has 1 aromatic carbocycles. The standard InChI is InChI=1S/C20H20N2/c1-20(2,3)16-13-18(15-9-5-4-6-10-15)22-19(14-16)17-11-7-8-12-21-17/h4-14H,1-3H3. The van der Waals surface area contributed by atoms with Gasteiger partial charge in [0, 0.05) is 11.8 Å². The lowest BCUT2D eigenvalue weighted by Gasteiger charge is -2.21. The van der Waals surface area contributed by atoms with Crippen molar-refractivity contribution in [3.8, 4) is 22.6 Å². The lowest BCUT2D eigenvalue weighted by molar-refractivity contribution is 0.590. The molecule has 0 aliphatic heterocycles. The number of hydrogen-bond donors (Lipinski definition) is 0. The molecule has 22 heavy (non-hydrogen) atoms. The third-order valence-corrected chi connectivity index (χ3v) is 3.69. The molecule has 2 heterocycles. The molecule has 0 unspecified atom stereocenters. The monoisotopic (exact) mass is 288 g/mol. The van der Waals surface area contributed by atoms with E-state index in [2.05, 4.69) is 50.0 Å². The van der Waals surface area contributed by atoms with Crippen LogP contribution in [-0.4, -0.2) is 9.97 Å². The Balaban J connectivity index is 2.19. The zero-order valence-electron chi connectivity index (χ0n) is 13.2. The minimum absolute atomic E-state index is 0.0655. The maximum atomic E-state index is 4.82. The summed E-state index contributed by atoms with van der Waals surface area (Å²) in [6.45, 7) is 6.66. The molecule has 2 aromatic heterocycles. The van der Waals surface area contributed by atoms with Crippen molar-refractivity contribution in [2.24, 2.45) is 0 Å². The van der Waals surface area contributed by atoms with E-state index >= 15 is 0 Å². The number of benzene rings is 1. The Labute approximate surface area is 131 Å². The summed E-state index contributed by atoms with van der Waals surface area (Å²) in [5, 5.41) is 0. The van der Waals surface area contributed by atoms with Crippen LogP contribution in [0.4, 0.5) is 0 Å². The first-order valence-corrected chi connectivity index (χ1v) is 7.53. The predicted molar refractivity (Wildman–Crippen MR) is 91.6 cm³/mol. The molecule has 110 valence electrons. The van der Waals surface area contributed by atoms with Crippen molar-refractivity contribution in [2.45, 2.75) is 26.2 Å². The quantitative estimate of drug-likeness (QED) is 0.655. The van der Waals surface area contributed by atoms with Gasteiger partial charge in [0.25, 0.3) is 0 Å². The van der Waals surface area contributed by atoms with Crippen LogP contribution < -0.4 is 0 Å². The summed E-state index contributed by atoms with van der Waals surface area (Å²) in [6.07, 6.45) is 1.81. The van der Waals surface area contributed by atoms with E-state index in [0.29, 0.717) is 0 Å². The molecule has 0 aliphatic rings. The number of aromatic nitrogens is 2. The van der Waals surface area contributed by atoms with E-state index in [4.69, 9.17) is 4.98 Å². The van der Waals surface area contributed by atoms with Crippen molar-refractivity contribution in [1.82, 2.24) is 9.97 Å². The van der Waals surface area contributed by atoms with Crippen molar-refractivity contribution in [1.29, 1.82) is 0 Å². The van der Waals surface area contributed by atoms with Crippen LogP contribution in [0.5, 0.6) is 0 Å². The summed E-state index contributed by atoms with van der Waals surface area (Å²) in [4.78, 5) is 9.27. The maximum Gasteiger partial charge on any atom is 0.0896 e. The molecule has 3 aromatic rings.